The predicted molar refractivity (Wildman–Crippen MR) is 49.7 cm³/mol. The molecule has 1 nitrogen and oxygen atoms in total. The quantitative estimate of drug-likeness (QED) is 0.605. The highest BCUT2D eigenvalue weighted by Gasteiger charge is 2.29. The van der Waals surface area contributed by atoms with Gasteiger partial charge in [0.25, 0.3) is 0 Å². The van der Waals surface area contributed by atoms with E-state index in [0.29, 0.717) is 0 Å². The first kappa shape index (κ1) is 9.05. The zero-order valence-electron chi connectivity index (χ0n) is 8.14. The maximum Gasteiger partial charge on any atom is 0.0121 e. The molecular weight excluding hydrogens is 134 g/mol. The molecule has 2 unspecified atom stereocenters. The molecule has 1 rings (SSSR count). The van der Waals surface area contributed by atoms with Gasteiger partial charge < -0.3 is 4.90 Å². The first-order valence-corrected chi connectivity index (χ1v) is 5.07. The molecule has 66 valence electrons. The molecule has 0 N–H and O–H groups in total. The van der Waals surface area contributed by atoms with Crippen molar-refractivity contribution in [3.63, 3.8) is 0 Å². The molecule has 11 heavy (non-hydrogen) atoms. The van der Waals surface area contributed by atoms with E-state index >= 15 is 0 Å². The van der Waals surface area contributed by atoms with Crippen molar-refractivity contribution in [2.24, 2.45) is 5.92 Å². The molecule has 0 saturated carbocycles. The third-order valence-corrected chi connectivity index (χ3v) is 3.15. The van der Waals surface area contributed by atoms with Gasteiger partial charge in [-0.15, -0.1) is 0 Å². The lowest BCUT2D eigenvalue weighted by Gasteiger charge is -2.25. The zero-order valence-corrected chi connectivity index (χ0v) is 8.14. The number of nitrogens with zero attached hydrogens (tertiary/aromatic N) is 1. The van der Waals surface area contributed by atoms with Crippen LogP contribution in [0, 0.1) is 5.92 Å². The molecule has 0 amide bonds. The van der Waals surface area contributed by atoms with E-state index in [4.69, 9.17) is 0 Å². The Bertz CT molecular complexity index is 99.4. The minimum Gasteiger partial charge on any atom is -0.300 e. The molecule has 1 heteroatoms. The molecular formula is C10H21N. The van der Waals surface area contributed by atoms with E-state index in [1.165, 1.54) is 32.4 Å². The Labute approximate surface area is 70.8 Å². The minimum absolute atomic E-state index is 0.894. The fourth-order valence-corrected chi connectivity index (χ4v) is 2.45. The minimum atomic E-state index is 0.894. The molecule has 0 aromatic carbocycles. The van der Waals surface area contributed by atoms with Gasteiger partial charge in [0.15, 0.2) is 0 Å². The van der Waals surface area contributed by atoms with E-state index in [9.17, 15) is 0 Å². The molecule has 1 aliphatic rings. The fourth-order valence-electron chi connectivity index (χ4n) is 2.45. The van der Waals surface area contributed by atoms with Gasteiger partial charge in [0.05, 0.1) is 0 Å². The molecule has 0 aromatic heterocycles. The largest absolute Gasteiger partial charge is 0.300 e. The monoisotopic (exact) mass is 155 g/mol. The Hall–Kier alpha value is -0.0400. The lowest BCUT2D eigenvalue weighted by atomic mass is 9.96. The van der Waals surface area contributed by atoms with Crippen LogP contribution in [0.1, 0.15) is 40.0 Å². The summed E-state index contributed by atoms with van der Waals surface area (Å²) in [6, 6.07) is 0.894. The summed E-state index contributed by atoms with van der Waals surface area (Å²) in [5.41, 5.74) is 0. The molecule has 1 heterocycles. The number of hydrogen-bond donors (Lipinski definition) is 0. The Kier molecular flexibility index (Phi) is 3.38. The van der Waals surface area contributed by atoms with Crippen molar-refractivity contribution < 1.29 is 0 Å². The molecule has 0 aliphatic carbocycles. The van der Waals surface area contributed by atoms with Crippen molar-refractivity contribution in [1.29, 1.82) is 0 Å². The van der Waals surface area contributed by atoms with Crippen LogP contribution in [0.15, 0.2) is 0 Å². The third kappa shape index (κ3) is 1.76. The Morgan fingerprint density at radius 1 is 1.18 bits per heavy atom. The van der Waals surface area contributed by atoms with Crippen LogP contribution in [0.5, 0.6) is 0 Å². The molecule has 0 bridgehead atoms. The van der Waals surface area contributed by atoms with E-state index in [0.717, 1.165) is 12.0 Å². The average Bonchev–Trinajstić information content (AvgIpc) is 2.45. The third-order valence-electron chi connectivity index (χ3n) is 3.15. The summed E-state index contributed by atoms with van der Waals surface area (Å²) < 4.78 is 0. The summed E-state index contributed by atoms with van der Waals surface area (Å²) in [4.78, 5) is 2.63. The van der Waals surface area contributed by atoms with E-state index in [1.54, 1.807) is 0 Å². The van der Waals surface area contributed by atoms with Crippen LogP contribution in [0.4, 0.5) is 0 Å². The van der Waals surface area contributed by atoms with Crippen molar-refractivity contribution in [3.05, 3.63) is 0 Å². The summed E-state index contributed by atoms with van der Waals surface area (Å²) in [7, 11) is 0. The van der Waals surface area contributed by atoms with Gasteiger partial charge >= 0.3 is 0 Å². The first-order valence-electron chi connectivity index (χ1n) is 5.07. The van der Waals surface area contributed by atoms with Crippen molar-refractivity contribution in [3.8, 4) is 0 Å². The molecule has 2 atom stereocenters. The fraction of sp³-hybridized carbons (Fsp3) is 1.00. The zero-order chi connectivity index (χ0) is 8.27. The highest BCUT2D eigenvalue weighted by atomic mass is 15.2. The second-order valence-corrected chi connectivity index (χ2v) is 3.56. The normalized spacial score (nSPS) is 33.0. The molecule has 1 fully saturated rings. The van der Waals surface area contributed by atoms with Crippen molar-refractivity contribution in [1.82, 2.24) is 4.90 Å². The molecule has 0 aromatic rings. The Morgan fingerprint density at radius 2 is 1.91 bits per heavy atom. The maximum atomic E-state index is 2.63. The van der Waals surface area contributed by atoms with Gasteiger partial charge in [0.2, 0.25) is 0 Å². The van der Waals surface area contributed by atoms with Gasteiger partial charge in [-0.05, 0) is 31.8 Å². The van der Waals surface area contributed by atoms with Gasteiger partial charge in [0.1, 0.15) is 0 Å². The summed E-state index contributed by atoms with van der Waals surface area (Å²) in [6.45, 7) is 9.51. The summed E-state index contributed by atoms with van der Waals surface area (Å²) in [6.07, 6.45) is 4.14. The predicted octanol–water partition coefficient (Wildman–Crippen LogP) is 2.52. The lowest BCUT2D eigenvalue weighted by Crippen LogP contribution is -2.31. The van der Waals surface area contributed by atoms with E-state index in [1.807, 2.05) is 0 Å². The highest BCUT2D eigenvalue weighted by Crippen LogP contribution is 2.28. The average molecular weight is 155 g/mol. The van der Waals surface area contributed by atoms with Crippen LogP contribution >= 0.6 is 0 Å². The number of hydrogen-bond acceptors (Lipinski definition) is 1. The standard InChI is InChI=1S/C10H21N/c1-4-9-7-8-11(6-3)10(9)5-2/h9-10H,4-8H2,1-3H3. The first-order chi connectivity index (χ1) is 5.33. The highest BCUT2D eigenvalue weighted by molar-refractivity contribution is 4.84. The second kappa shape index (κ2) is 4.10. The van der Waals surface area contributed by atoms with Crippen LogP contribution in [0.3, 0.4) is 0 Å². The smallest absolute Gasteiger partial charge is 0.0121 e. The Morgan fingerprint density at radius 3 is 2.36 bits per heavy atom. The van der Waals surface area contributed by atoms with Crippen LogP contribution in [-0.2, 0) is 0 Å². The Balaban J connectivity index is 2.48. The van der Waals surface area contributed by atoms with Crippen molar-refractivity contribution >= 4 is 0 Å². The van der Waals surface area contributed by atoms with Gasteiger partial charge in [-0.25, -0.2) is 0 Å². The second-order valence-electron chi connectivity index (χ2n) is 3.56. The summed E-state index contributed by atoms with van der Waals surface area (Å²) in [5, 5.41) is 0. The van der Waals surface area contributed by atoms with Gasteiger partial charge in [-0.1, -0.05) is 27.2 Å². The number of likely N-dealkylation sites (tertiary alicyclic amines) is 1. The molecule has 1 aliphatic heterocycles. The van der Waals surface area contributed by atoms with Crippen LogP contribution in [0.2, 0.25) is 0 Å². The SMILES string of the molecule is CCC1CCN(CC)C1CC. The summed E-state index contributed by atoms with van der Waals surface area (Å²) >= 11 is 0. The maximum absolute atomic E-state index is 2.63. The van der Waals surface area contributed by atoms with Crippen LogP contribution in [0.25, 0.3) is 0 Å². The van der Waals surface area contributed by atoms with E-state index in [-0.39, 0.29) is 0 Å². The van der Waals surface area contributed by atoms with Gasteiger partial charge in [-0.2, -0.15) is 0 Å². The van der Waals surface area contributed by atoms with Crippen LogP contribution < -0.4 is 0 Å². The van der Waals surface area contributed by atoms with Crippen molar-refractivity contribution in [2.75, 3.05) is 13.1 Å². The molecule has 0 radical (unpaired) electrons. The lowest BCUT2D eigenvalue weighted by molar-refractivity contribution is 0.227. The van der Waals surface area contributed by atoms with Gasteiger partial charge in [-0.3, -0.25) is 0 Å². The van der Waals surface area contributed by atoms with Crippen LogP contribution in [-0.4, -0.2) is 24.0 Å². The topological polar surface area (TPSA) is 3.24 Å². The number of rotatable bonds is 3. The molecule has 0 spiro atoms. The van der Waals surface area contributed by atoms with E-state index in [2.05, 4.69) is 25.7 Å². The van der Waals surface area contributed by atoms with Gasteiger partial charge in [0, 0.05) is 6.04 Å². The van der Waals surface area contributed by atoms with Crippen molar-refractivity contribution in [2.45, 2.75) is 46.1 Å². The summed E-state index contributed by atoms with van der Waals surface area (Å²) in [5.74, 6) is 0.986. The molecule has 1 saturated heterocycles. The van der Waals surface area contributed by atoms with E-state index < -0.39 is 0 Å².